The standard InChI is InChI=1S/C13H19F2NO/c1-9(2)8-17-7-6-16-13-11(14)5-4-10(3)12(13)15/h4-5,9,16H,6-8H2,1-3H3. The van der Waals surface area contributed by atoms with Gasteiger partial charge in [0.25, 0.3) is 0 Å². The third kappa shape index (κ3) is 4.30. The van der Waals surface area contributed by atoms with Crippen molar-refractivity contribution in [1.82, 2.24) is 0 Å². The van der Waals surface area contributed by atoms with Crippen LogP contribution < -0.4 is 5.32 Å². The molecule has 0 spiro atoms. The highest BCUT2D eigenvalue weighted by molar-refractivity contribution is 5.48. The van der Waals surface area contributed by atoms with Crippen LogP contribution in [0.1, 0.15) is 19.4 Å². The van der Waals surface area contributed by atoms with E-state index in [9.17, 15) is 8.78 Å². The zero-order chi connectivity index (χ0) is 12.8. The molecule has 0 radical (unpaired) electrons. The number of halogens is 2. The minimum Gasteiger partial charge on any atom is -0.379 e. The van der Waals surface area contributed by atoms with Gasteiger partial charge in [-0.15, -0.1) is 0 Å². The summed E-state index contributed by atoms with van der Waals surface area (Å²) in [6, 6.07) is 2.68. The summed E-state index contributed by atoms with van der Waals surface area (Å²) in [5.74, 6) is -0.645. The molecule has 0 heterocycles. The molecule has 0 aliphatic rings. The Labute approximate surface area is 101 Å². The Morgan fingerprint density at radius 2 is 2.00 bits per heavy atom. The van der Waals surface area contributed by atoms with E-state index in [2.05, 4.69) is 5.32 Å². The molecular weight excluding hydrogens is 224 g/mol. The van der Waals surface area contributed by atoms with Gasteiger partial charge in [-0.05, 0) is 24.5 Å². The van der Waals surface area contributed by atoms with E-state index in [-0.39, 0.29) is 5.69 Å². The lowest BCUT2D eigenvalue weighted by Gasteiger charge is -2.11. The quantitative estimate of drug-likeness (QED) is 0.773. The summed E-state index contributed by atoms with van der Waals surface area (Å²) in [4.78, 5) is 0. The number of ether oxygens (including phenoxy) is 1. The van der Waals surface area contributed by atoms with Gasteiger partial charge in [0.05, 0.1) is 6.61 Å². The van der Waals surface area contributed by atoms with Crippen LogP contribution in [0.4, 0.5) is 14.5 Å². The van der Waals surface area contributed by atoms with Crippen molar-refractivity contribution < 1.29 is 13.5 Å². The highest BCUT2D eigenvalue weighted by Gasteiger charge is 2.10. The van der Waals surface area contributed by atoms with Gasteiger partial charge in [0.2, 0.25) is 0 Å². The summed E-state index contributed by atoms with van der Waals surface area (Å²) in [6.07, 6.45) is 0. The molecule has 0 aliphatic carbocycles. The molecule has 4 heteroatoms. The number of benzene rings is 1. The molecule has 1 N–H and O–H groups in total. The zero-order valence-corrected chi connectivity index (χ0v) is 10.5. The van der Waals surface area contributed by atoms with Gasteiger partial charge in [-0.3, -0.25) is 0 Å². The molecular formula is C13H19F2NO. The first-order chi connectivity index (χ1) is 8.02. The average molecular weight is 243 g/mol. The molecule has 0 bridgehead atoms. The van der Waals surface area contributed by atoms with Crippen molar-refractivity contribution in [3.63, 3.8) is 0 Å². The Morgan fingerprint density at radius 3 is 2.65 bits per heavy atom. The SMILES string of the molecule is Cc1ccc(F)c(NCCOCC(C)C)c1F. The number of hydrogen-bond donors (Lipinski definition) is 1. The molecule has 1 aromatic carbocycles. The van der Waals surface area contributed by atoms with Gasteiger partial charge < -0.3 is 10.1 Å². The van der Waals surface area contributed by atoms with E-state index in [1.54, 1.807) is 6.92 Å². The fraction of sp³-hybridized carbons (Fsp3) is 0.538. The number of hydrogen-bond acceptors (Lipinski definition) is 2. The van der Waals surface area contributed by atoms with Crippen LogP contribution in [0.15, 0.2) is 12.1 Å². The maximum Gasteiger partial charge on any atom is 0.152 e. The van der Waals surface area contributed by atoms with E-state index in [0.29, 0.717) is 31.2 Å². The van der Waals surface area contributed by atoms with Crippen molar-refractivity contribution in [2.75, 3.05) is 25.1 Å². The summed E-state index contributed by atoms with van der Waals surface area (Å²) in [6.45, 7) is 7.19. The lowest BCUT2D eigenvalue weighted by atomic mass is 10.2. The maximum absolute atomic E-state index is 13.6. The lowest BCUT2D eigenvalue weighted by Crippen LogP contribution is -2.14. The van der Waals surface area contributed by atoms with Crippen LogP contribution >= 0.6 is 0 Å². The van der Waals surface area contributed by atoms with Crippen molar-refractivity contribution in [2.24, 2.45) is 5.92 Å². The minimum absolute atomic E-state index is 0.0712. The van der Waals surface area contributed by atoms with Crippen LogP contribution in [0, 0.1) is 24.5 Å². The number of aryl methyl sites for hydroxylation is 1. The highest BCUT2D eigenvalue weighted by Crippen LogP contribution is 2.21. The summed E-state index contributed by atoms with van der Waals surface area (Å²) >= 11 is 0. The Morgan fingerprint density at radius 1 is 1.29 bits per heavy atom. The van der Waals surface area contributed by atoms with E-state index in [1.165, 1.54) is 12.1 Å². The molecule has 17 heavy (non-hydrogen) atoms. The predicted molar refractivity (Wildman–Crippen MR) is 65.2 cm³/mol. The molecule has 96 valence electrons. The molecule has 0 unspecified atom stereocenters. The van der Waals surface area contributed by atoms with E-state index in [1.807, 2.05) is 13.8 Å². The Bertz CT molecular complexity index is 367. The van der Waals surface area contributed by atoms with Gasteiger partial charge in [0, 0.05) is 13.2 Å². The van der Waals surface area contributed by atoms with Gasteiger partial charge >= 0.3 is 0 Å². The predicted octanol–water partition coefficient (Wildman–Crippen LogP) is 3.36. The van der Waals surface area contributed by atoms with Crippen LogP contribution in [0.3, 0.4) is 0 Å². The second kappa shape index (κ2) is 6.55. The summed E-state index contributed by atoms with van der Waals surface area (Å²) in [5.41, 5.74) is 0.357. The topological polar surface area (TPSA) is 21.3 Å². The molecule has 2 nitrogen and oxygen atoms in total. The van der Waals surface area contributed by atoms with Gasteiger partial charge in [0.1, 0.15) is 11.5 Å². The second-order valence-corrected chi connectivity index (χ2v) is 4.45. The number of nitrogens with one attached hydrogen (secondary N) is 1. The third-order valence-electron chi connectivity index (χ3n) is 2.28. The third-order valence-corrected chi connectivity index (χ3v) is 2.28. The van der Waals surface area contributed by atoms with Crippen LogP contribution in [0.25, 0.3) is 0 Å². The van der Waals surface area contributed by atoms with E-state index in [4.69, 9.17) is 4.74 Å². The highest BCUT2D eigenvalue weighted by atomic mass is 19.1. The Kier molecular flexibility index (Phi) is 5.35. The molecule has 0 saturated heterocycles. The minimum atomic E-state index is -0.572. The summed E-state index contributed by atoms with van der Waals surface area (Å²) in [5, 5.41) is 2.72. The first-order valence-corrected chi connectivity index (χ1v) is 5.78. The van der Waals surface area contributed by atoms with Gasteiger partial charge in [-0.1, -0.05) is 19.9 Å². The molecule has 0 saturated carbocycles. The fourth-order valence-corrected chi connectivity index (χ4v) is 1.39. The summed E-state index contributed by atoms with van der Waals surface area (Å²) in [7, 11) is 0. The van der Waals surface area contributed by atoms with Crippen LogP contribution in [0.5, 0.6) is 0 Å². The smallest absolute Gasteiger partial charge is 0.152 e. The number of anilines is 1. The van der Waals surface area contributed by atoms with Gasteiger partial charge in [-0.25, -0.2) is 8.78 Å². The van der Waals surface area contributed by atoms with Crippen molar-refractivity contribution in [3.8, 4) is 0 Å². The normalized spacial score (nSPS) is 10.9. The molecule has 0 atom stereocenters. The van der Waals surface area contributed by atoms with Gasteiger partial charge in [-0.2, -0.15) is 0 Å². The summed E-state index contributed by atoms with van der Waals surface area (Å²) < 4.78 is 32.2. The van der Waals surface area contributed by atoms with E-state index in [0.717, 1.165) is 0 Å². The molecule has 1 aromatic rings. The van der Waals surface area contributed by atoms with Crippen molar-refractivity contribution in [3.05, 3.63) is 29.3 Å². The van der Waals surface area contributed by atoms with Crippen molar-refractivity contribution in [1.29, 1.82) is 0 Å². The first-order valence-electron chi connectivity index (χ1n) is 5.78. The van der Waals surface area contributed by atoms with Crippen molar-refractivity contribution in [2.45, 2.75) is 20.8 Å². The van der Waals surface area contributed by atoms with Crippen LogP contribution in [-0.4, -0.2) is 19.8 Å². The second-order valence-electron chi connectivity index (χ2n) is 4.45. The molecule has 0 fully saturated rings. The van der Waals surface area contributed by atoms with E-state index < -0.39 is 11.6 Å². The van der Waals surface area contributed by atoms with Crippen LogP contribution in [0.2, 0.25) is 0 Å². The van der Waals surface area contributed by atoms with Crippen molar-refractivity contribution >= 4 is 5.69 Å². The van der Waals surface area contributed by atoms with E-state index >= 15 is 0 Å². The van der Waals surface area contributed by atoms with Gasteiger partial charge in [0.15, 0.2) is 5.82 Å². The Balaban J connectivity index is 2.44. The zero-order valence-electron chi connectivity index (χ0n) is 10.5. The molecule has 0 aliphatic heterocycles. The fourth-order valence-electron chi connectivity index (χ4n) is 1.39. The Hall–Kier alpha value is -1.16. The average Bonchev–Trinajstić information content (AvgIpc) is 2.27. The number of rotatable bonds is 6. The molecule has 0 aromatic heterocycles. The molecule has 0 amide bonds. The first kappa shape index (κ1) is 13.9. The largest absolute Gasteiger partial charge is 0.379 e. The lowest BCUT2D eigenvalue weighted by molar-refractivity contribution is 0.118. The molecule has 1 rings (SSSR count). The maximum atomic E-state index is 13.6. The van der Waals surface area contributed by atoms with Crippen LogP contribution in [-0.2, 0) is 4.74 Å². The monoisotopic (exact) mass is 243 g/mol.